The number of aryl methyl sites for hydroxylation is 1. The van der Waals surface area contributed by atoms with Crippen molar-refractivity contribution >= 4 is 57.3 Å². The Kier molecular flexibility index (Phi) is 5.65. The maximum absolute atomic E-state index is 12.9. The van der Waals surface area contributed by atoms with Gasteiger partial charge in [0, 0.05) is 12.7 Å². The van der Waals surface area contributed by atoms with E-state index in [1.807, 2.05) is 11.5 Å². The summed E-state index contributed by atoms with van der Waals surface area (Å²) < 4.78 is 7.01. The van der Waals surface area contributed by atoms with Crippen molar-refractivity contribution in [2.75, 3.05) is 12.4 Å². The number of ether oxygens (including phenoxy) is 1. The van der Waals surface area contributed by atoms with Gasteiger partial charge >= 0.3 is 0 Å². The Morgan fingerprint density at radius 1 is 1.11 bits per heavy atom. The third-order valence-electron chi connectivity index (χ3n) is 4.13. The minimum absolute atomic E-state index is 0.0141. The van der Waals surface area contributed by atoms with E-state index in [1.165, 1.54) is 25.4 Å². The van der Waals surface area contributed by atoms with Crippen LogP contribution in [0, 0.1) is 0 Å². The third kappa shape index (κ3) is 3.76. The first-order valence-corrected chi connectivity index (χ1v) is 9.16. The third-order valence-corrected chi connectivity index (χ3v) is 5.17. The van der Waals surface area contributed by atoms with Crippen LogP contribution in [0.5, 0.6) is 5.75 Å². The normalized spacial score (nSPS) is 10.9. The van der Waals surface area contributed by atoms with Crippen molar-refractivity contribution in [2.45, 2.75) is 13.5 Å². The number of hydrogen-bond acceptors (Lipinski definition) is 3. The van der Waals surface area contributed by atoms with Gasteiger partial charge in [0.15, 0.2) is 0 Å². The van der Waals surface area contributed by atoms with E-state index in [4.69, 9.17) is 39.5 Å². The molecule has 0 unspecified atom stereocenters. The van der Waals surface area contributed by atoms with Gasteiger partial charge in [0.25, 0.3) is 5.91 Å². The predicted octanol–water partition coefficient (Wildman–Crippen LogP) is 5.24. The van der Waals surface area contributed by atoms with Gasteiger partial charge in [-0.15, -0.1) is 0 Å². The molecule has 0 aliphatic carbocycles. The average Bonchev–Trinajstić information content (AvgIpc) is 2.66. The van der Waals surface area contributed by atoms with Crippen molar-refractivity contribution < 1.29 is 9.53 Å². The minimum Gasteiger partial charge on any atom is -0.497 e. The summed E-state index contributed by atoms with van der Waals surface area (Å²) in [6.07, 6.45) is 1.53. The summed E-state index contributed by atoms with van der Waals surface area (Å²) in [6, 6.07) is 8.04. The molecule has 140 valence electrons. The monoisotopic (exact) mass is 424 g/mol. The molecule has 0 bridgehead atoms. The molecular weight excluding hydrogens is 411 g/mol. The zero-order valence-electron chi connectivity index (χ0n) is 14.5. The topological polar surface area (TPSA) is 60.3 Å². The molecule has 1 aromatic heterocycles. The molecule has 0 aliphatic rings. The van der Waals surface area contributed by atoms with E-state index in [-0.39, 0.29) is 26.3 Å². The number of aromatic nitrogens is 1. The number of anilines is 1. The van der Waals surface area contributed by atoms with Crippen molar-refractivity contribution in [1.29, 1.82) is 0 Å². The van der Waals surface area contributed by atoms with Crippen LogP contribution in [0.1, 0.15) is 17.3 Å². The molecule has 0 atom stereocenters. The van der Waals surface area contributed by atoms with Gasteiger partial charge in [-0.2, -0.15) is 0 Å². The maximum Gasteiger partial charge on any atom is 0.261 e. The maximum atomic E-state index is 12.9. The van der Waals surface area contributed by atoms with Gasteiger partial charge in [-0.1, -0.05) is 34.8 Å². The number of fused-ring (bicyclic) bond motifs is 1. The van der Waals surface area contributed by atoms with Gasteiger partial charge in [0.1, 0.15) is 11.3 Å². The highest BCUT2D eigenvalue weighted by molar-refractivity contribution is 6.44. The second-order valence-electron chi connectivity index (χ2n) is 5.74. The summed E-state index contributed by atoms with van der Waals surface area (Å²) in [6.45, 7) is 2.50. The van der Waals surface area contributed by atoms with Crippen LogP contribution in [-0.2, 0) is 6.54 Å². The summed E-state index contributed by atoms with van der Waals surface area (Å²) in [5.41, 5.74) is 0.568. The Labute approximate surface area is 170 Å². The first-order chi connectivity index (χ1) is 12.8. The number of nitrogens with zero attached hydrogens (tertiary/aromatic N) is 1. The van der Waals surface area contributed by atoms with Crippen LogP contribution >= 0.6 is 34.8 Å². The molecule has 1 N–H and O–H groups in total. The number of pyridine rings is 1. The van der Waals surface area contributed by atoms with E-state index >= 15 is 0 Å². The summed E-state index contributed by atoms with van der Waals surface area (Å²) in [7, 11) is 1.52. The lowest BCUT2D eigenvalue weighted by molar-refractivity contribution is 0.102. The summed E-state index contributed by atoms with van der Waals surface area (Å²) >= 11 is 18.0. The number of carbonyl (C=O) groups excluding carboxylic acids is 1. The Bertz CT molecular complexity index is 1110. The van der Waals surface area contributed by atoms with E-state index in [9.17, 15) is 9.59 Å². The van der Waals surface area contributed by atoms with E-state index in [0.29, 0.717) is 23.2 Å². The van der Waals surface area contributed by atoms with E-state index in [1.54, 1.807) is 18.2 Å². The molecule has 0 saturated carbocycles. The second-order valence-corrected chi connectivity index (χ2v) is 6.96. The second kappa shape index (κ2) is 7.80. The number of halogens is 3. The Hall–Kier alpha value is -2.21. The zero-order valence-corrected chi connectivity index (χ0v) is 16.7. The number of hydrogen-bond donors (Lipinski definition) is 1. The van der Waals surface area contributed by atoms with Crippen LogP contribution in [0.3, 0.4) is 0 Å². The number of carbonyl (C=O) groups is 1. The first-order valence-electron chi connectivity index (χ1n) is 8.02. The molecule has 0 spiro atoms. The summed E-state index contributed by atoms with van der Waals surface area (Å²) in [4.78, 5) is 25.7. The fourth-order valence-corrected chi connectivity index (χ4v) is 3.33. The largest absolute Gasteiger partial charge is 0.497 e. The highest BCUT2D eigenvalue weighted by Gasteiger charge is 2.17. The molecular formula is C19H15Cl3N2O3. The molecule has 1 amide bonds. The van der Waals surface area contributed by atoms with Gasteiger partial charge in [0.05, 0.1) is 38.8 Å². The minimum atomic E-state index is -0.591. The summed E-state index contributed by atoms with van der Waals surface area (Å²) in [5, 5.41) is 3.74. The number of benzene rings is 2. The lowest BCUT2D eigenvalue weighted by atomic mass is 10.1. The highest BCUT2D eigenvalue weighted by atomic mass is 35.5. The molecule has 8 heteroatoms. The fraction of sp³-hybridized carbons (Fsp3) is 0.158. The van der Waals surface area contributed by atoms with Gasteiger partial charge in [-0.05, 0) is 37.3 Å². The fourth-order valence-electron chi connectivity index (χ4n) is 2.73. The van der Waals surface area contributed by atoms with Crippen LogP contribution in [0.2, 0.25) is 15.1 Å². The van der Waals surface area contributed by atoms with Gasteiger partial charge in [-0.3, -0.25) is 9.59 Å². The van der Waals surface area contributed by atoms with Crippen molar-refractivity contribution in [3.63, 3.8) is 0 Å². The Morgan fingerprint density at radius 3 is 2.48 bits per heavy atom. The van der Waals surface area contributed by atoms with E-state index in [2.05, 4.69) is 5.32 Å². The number of nitrogens with one attached hydrogen (secondary N) is 1. The molecule has 0 fully saturated rings. The molecule has 2 aromatic carbocycles. The smallest absolute Gasteiger partial charge is 0.261 e. The molecule has 5 nitrogen and oxygen atoms in total. The molecule has 0 radical (unpaired) electrons. The number of amides is 1. The van der Waals surface area contributed by atoms with Gasteiger partial charge in [-0.25, -0.2) is 0 Å². The molecule has 3 rings (SSSR count). The lowest BCUT2D eigenvalue weighted by Gasteiger charge is -2.13. The quantitative estimate of drug-likeness (QED) is 0.581. The average molecular weight is 426 g/mol. The molecule has 0 aliphatic heterocycles. The Morgan fingerprint density at radius 2 is 1.81 bits per heavy atom. The molecule has 27 heavy (non-hydrogen) atoms. The van der Waals surface area contributed by atoms with E-state index in [0.717, 1.165) is 0 Å². The van der Waals surface area contributed by atoms with Gasteiger partial charge in [0.2, 0.25) is 5.43 Å². The summed E-state index contributed by atoms with van der Waals surface area (Å²) in [5.74, 6) is -0.0560. The predicted molar refractivity (Wildman–Crippen MR) is 110 cm³/mol. The SMILES string of the molecule is CCn1cc(C(=O)Nc2cc(Cl)c(Cl)cc2Cl)c(=O)c2cc(OC)ccc21. The van der Waals surface area contributed by atoms with E-state index < -0.39 is 11.3 Å². The Balaban J connectivity index is 2.10. The van der Waals surface area contributed by atoms with Crippen LogP contribution in [0.4, 0.5) is 5.69 Å². The number of rotatable bonds is 4. The molecule has 0 saturated heterocycles. The highest BCUT2D eigenvalue weighted by Crippen LogP contribution is 2.32. The lowest BCUT2D eigenvalue weighted by Crippen LogP contribution is -2.24. The molecule has 1 heterocycles. The van der Waals surface area contributed by atoms with Gasteiger partial charge < -0.3 is 14.6 Å². The molecule has 3 aromatic rings. The van der Waals surface area contributed by atoms with Crippen LogP contribution in [0.25, 0.3) is 10.9 Å². The van der Waals surface area contributed by atoms with Crippen LogP contribution < -0.4 is 15.5 Å². The first kappa shape index (κ1) is 19.5. The number of methoxy groups -OCH3 is 1. The standard InChI is InChI=1S/C19H15Cl3N2O3/c1-3-24-9-12(18(25)11-6-10(27-2)4-5-17(11)24)19(26)23-16-8-14(21)13(20)7-15(16)22/h4-9H,3H2,1-2H3,(H,23,26). The van der Waals surface area contributed by atoms with Crippen LogP contribution in [-0.4, -0.2) is 17.6 Å². The van der Waals surface area contributed by atoms with Crippen molar-refractivity contribution in [1.82, 2.24) is 4.57 Å². The zero-order chi connectivity index (χ0) is 19.7. The van der Waals surface area contributed by atoms with Crippen molar-refractivity contribution in [2.24, 2.45) is 0 Å². The van der Waals surface area contributed by atoms with Crippen molar-refractivity contribution in [3.8, 4) is 5.75 Å². The van der Waals surface area contributed by atoms with Crippen LogP contribution in [0.15, 0.2) is 41.3 Å². The van der Waals surface area contributed by atoms with Crippen molar-refractivity contribution in [3.05, 3.63) is 67.4 Å².